The van der Waals surface area contributed by atoms with Crippen LogP contribution in [-0.4, -0.2) is 52.8 Å². The molecule has 3 rings (SSSR count). The van der Waals surface area contributed by atoms with Gasteiger partial charge in [0.2, 0.25) is 5.91 Å². The van der Waals surface area contributed by atoms with Crippen LogP contribution in [0.2, 0.25) is 18.1 Å². The minimum Gasteiger partial charge on any atom is -0.497 e. The summed E-state index contributed by atoms with van der Waals surface area (Å²) in [5.41, 5.74) is 1.99. The van der Waals surface area contributed by atoms with Crippen LogP contribution in [0.3, 0.4) is 0 Å². The molecule has 0 N–H and O–H groups in total. The number of benzene rings is 2. The Balaban J connectivity index is 1.87. The van der Waals surface area contributed by atoms with Crippen LogP contribution in [0.15, 0.2) is 53.4 Å². The van der Waals surface area contributed by atoms with E-state index in [4.69, 9.17) is 13.9 Å². The zero-order valence-electron chi connectivity index (χ0n) is 26.3. The zero-order valence-corrected chi connectivity index (χ0v) is 28.1. The van der Waals surface area contributed by atoms with E-state index in [1.54, 1.807) is 31.4 Å². The fourth-order valence-electron chi connectivity index (χ4n) is 5.03. The Hall–Kier alpha value is -2.20. The van der Waals surface area contributed by atoms with Gasteiger partial charge in [-0.05, 0) is 80.1 Å². The Bertz CT molecular complexity index is 1250. The highest BCUT2D eigenvalue weighted by atomic mass is 32.2. The van der Waals surface area contributed by atoms with Crippen LogP contribution in [0.5, 0.6) is 5.75 Å². The molecule has 9 heteroatoms. The predicted molar refractivity (Wildman–Crippen MR) is 166 cm³/mol. The largest absolute Gasteiger partial charge is 0.497 e. The van der Waals surface area contributed by atoms with Gasteiger partial charge in [0, 0.05) is 12.6 Å². The lowest BCUT2D eigenvalue weighted by Gasteiger charge is -2.40. The third-order valence-corrected chi connectivity index (χ3v) is 14.8. The minimum absolute atomic E-state index is 0.0676. The molecule has 0 spiro atoms. The van der Waals surface area contributed by atoms with E-state index in [9.17, 15) is 13.2 Å². The molecule has 7 nitrogen and oxygen atoms in total. The molecule has 0 bridgehead atoms. The molecule has 2 aromatic carbocycles. The van der Waals surface area contributed by atoms with Gasteiger partial charge < -0.3 is 13.9 Å². The van der Waals surface area contributed by atoms with Crippen molar-refractivity contribution in [1.82, 2.24) is 4.31 Å². The van der Waals surface area contributed by atoms with Crippen molar-refractivity contribution in [2.75, 3.05) is 13.7 Å². The van der Waals surface area contributed by atoms with Crippen molar-refractivity contribution < 1.29 is 27.1 Å². The second-order valence-electron chi connectivity index (χ2n) is 13.2. The summed E-state index contributed by atoms with van der Waals surface area (Å²) in [5, 5.41) is -0.0676. The quantitative estimate of drug-likeness (QED) is 0.182. The van der Waals surface area contributed by atoms with Gasteiger partial charge in [0.05, 0.1) is 30.6 Å². The second-order valence-corrected chi connectivity index (χ2v) is 19.8. The minimum atomic E-state index is -4.01. The number of amides is 1. The summed E-state index contributed by atoms with van der Waals surface area (Å²) >= 11 is 0. The normalized spacial score (nSPS) is 19.2. The highest BCUT2D eigenvalue weighted by Gasteiger charge is 2.51. The summed E-state index contributed by atoms with van der Waals surface area (Å²) in [4.78, 5) is 14.3. The maximum atomic E-state index is 14.1. The Labute approximate surface area is 248 Å². The van der Waals surface area contributed by atoms with Crippen LogP contribution < -0.4 is 4.74 Å². The summed E-state index contributed by atoms with van der Waals surface area (Å²) in [6, 6.07) is 14.0. The van der Waals surface area contributed by atoms with E-state index < -0.39 is 36.4 Å². The fraction of sp³-hybridized carbons (Fsp3) is 0.594. The van der Waals surface area contributed by atoms with Crippen LogP contribution in [0.1, 0.15) is 65.0 Å². The van der Waals surface area contributed by atoms with Crippen molar-refractivity contribution in [3.63, 3.8) is 0 Å². The van der Waals surface area contributed by atoms with Crippen LogP contribution in [0.25, 0.3) is 0 Å². The highest BCUT2D eigenvalue weighted by molar-refractivity contribution is 7.89. The molecule has 3 atom stereocenters. The van der Waals surface area contributed by atoms with E-state index in [-0.39, 0.29) is 21.8 Å². The van der Waals surface area contributed by atoms with Gasteiger partial charge >= 0.3 is 0 Å². The van der Waals surface area contributed by atoms with Crippen molar-refractivity contribution >= 4 is 24.2 Å². The Morgan fingerprint density at radius 2 is 1.63 bits per heavy atom. The summed E-state index contributed by atoms with van der Waals surface area (Å²) in [6.45, 7) is 17.7. The lowest BCUT2D eigenvalue weighted by Crippen LogP contribution is -2.47. The maximum absolute atomic E-state index is 14.1. The predicted octanol–water partition coefficient (Wildman–Crippen LogP) is 6.95. The molecular weight excluding hydrogens is 555 g/mol. The van der Waals surface area contributed by atoms with Gasteiger partial charge in [-0.15, -0.1) is 0 Å². The Kier molecular flexibility index (Phi) is 10.9. The van der Waals surface area contributed by atoms with Gasteiger partial charge in [-0.25, -0.2) is 12.7 Å². The molecule has 1 heterocycles. The van der Waals surface area contributed by atoms with Crippen LogP contribution >= 0.6 is 0 Å². The van der Waals surface area contributed by atoms with E-state index >= 15 is 0 Å². The van der Waals surface area contributed by atoms with Gasteiger partial charge in [-0.2, -0.15) is 0 Å². The number of nitrogens with zero attached hydrogens (tertiary/aromatic N) is 1. The molecule has 0 aliphatic carbocycles. The molecule has 0 radical (unpaired) electrons. The third kappa shape index (κ3) is 8.21. The molecule has 228 valence electrons. The number of hydrogen-bond donors (Lipinski definition) is 0. The van der Waals surface area contributed by atoms with Gasteiger partial charge in [0.25, 0.3) is 10.0 Å². The molecule has 41 heavy (non-hydrogen) atoms. The van der Waals surface area contributed by atoms with Gasteiger partial charge in [0.1, 0.15) is 5.75 Å². The standard InChI is InChI=1S/C32H49NO6SSi/c1-23(2)20-26-21-29(31(34)33(26)40(35,36)28-16-10-24(3)11-17-28)30(39-41(8,9)32(4,5)6)18-19-38-22-25-12-14-27(37-7)15-13-25/h10-17,23,26,29-30H,18-22H2,1-9H3/t26-,29-,30-/m0/s1. The molecule has 2 aromatic rings. The van der Waals surface area contributed by atoms with E-state index in [2.05, 4.69) is 47.7 Å². The first kappa shape index (κ1) is 33.3. The van der Waals surface area contributed by atoms with E-state index in [1.807, 2.05) is 31.2 Å². The number of sulfonamides is 1. The topological polar surface area (TPSA) is 82.1 Å². The Morgan fingerprint density at radius 3 is 2.17 bits per heavy atom. The molecule has 1 amide bonds. The summed E-state index contributed by atoms with van der Waals surface area (Å²) in [5.74, 6) is 0.0973. The number of carbonyl (C=O) groups excluding carboxylic acids is 1. The number of ether oxygens (including phenoxy) is 2. The number of rotatable bonds is 13. The molecular formula is C32H49NO6SSi. The monoisotopic (exact) mass is 603 g/mol. The molecule has 1 aliphatic rings. The highest BCUT2D eigenvalue weighted by Crippen LogP contribution is 2.42. The molecule has 1 aliphatic heterocycles. The molecule has 0 unspecified atom stereocenters. The molecule has 1 saturated heterocycles. The van der Waals surface area contributed by atoms with Gasteiger partial charge in [-0.1, -0.05) is 64.4 Å². The second kappa shape index (κ2) is 13.4. The van der Waals surface area contributed by atoms with E-state index in [0.29, 0.717) is 32.5 Å². The van der Waals surface area contributed by atoms with Crippen molar-refractivity contribution in [2.24, 2.45) is 11.8 Å². The Morgan fingerprint density at radius 1 is 1.02 bits per heavy atom. The van der Waals surface area contributed by atoms with E-state index in [0.717, 1.165) is 16.9 Å². The number of hydrogen-bond acceptors (Lipinski definition) is 6. The van der Waals surface area contributed by atoms with Crippen molar-refractivity contribution in [1.29, 1.82) is 0 Å². The first-order valence-electron chi connectivity index (χ1n) is 14.6. The first-order valence-corrected chi connectivity index (χ1v) is 18.9. The SMILES string of the molecule is COc1ccc(COCC[C@H](O[Si](C)(C)C(C)(C)C)[C@@H]2C[C@H](CC(C)C)N(S(=O)(=O)c3ccc(C)cc3)C2=O)cc1. The summed E-state index contributed by atoms with van der Waals surface area (Å²) < 4.78 is 47.0. The zero-order chi connectivity index (χ0) is 30.6. The molecule has 1 fully saturated rings. The smallest absolute Gasteiger partial charge is 0.266 e. The summed E-state index contributed by atoms with van der Waals surface area (Å²) in [7, 11) is -4.65. The lowest BCUT2D eigenvalue weighted by atomic mass is 9.93. The molecule has 0 aromatic heterocycles. The first-order chi connectivity index (χ1) is 19.1. The van der Waals surface area contributed by atoms with Crippen molar-refractivity contribution in [2.45, 2.75) is 103 Å². The van der Waals surface area contributed by atoms with Crippen LogP contribution in [0.4, 0.5) is 0 Å². The van der Waals surface area contributed by atoms with Crippen LogP contribution in [-0.2, 0) is 30.6 Å². The third-order valence-electron chi connectivity index (χ3n) is 8.39. The van der Waals surface area contributed by atoms with E-state index in [1.165, 1.54) is 4.31 Å². The van der Waals surface area contributed by atoms with Crippen molar-refractivity contribution in [3.05, 3.63) is 59.7 Å². The average Bonchev–Trinajstić information content (AvgIpc) is 3.21. The van der Waals surface area contributed by atoms with Gasteiger partial charge in [0.15, 0.2) is 8.32 Å². The number of methoxy groups -OCH3 is 1. The van der Waals surface area contributed by atoms with Gasteiger partial charge in [-0.3, -0.25) is 4.79 Å². The number of aryl methyl sites for hydroxylation is 1. The maximum Gasteiger partial charge on any atom is 0.266 e. The lowest BCUT2D eigenvalue weighted by molar-refractivity contribution is -0.130. The summed E-state index contributed by atoms with van der Waals surface area (Å²) in [6.07, 6.45) is 1.12. The average molecular weight is 604 g/mol. The van der Waals surface area contributed by atoms with Crippen molar-refractivity contribution in [3.8, 4) is 5.75 Å². The fourth-order valence-corrected chi connectivity index (χ4v) is 8.06. The van der Waals surface area contributed by atoms with Crippen LogP contribution in [0, 0.1) is 18.8 Å². The number of carbonyl (C=O) groups is 1. The molecule has 0 saturated carbocycles.